The highest BCUT2D eigenvalue weighted by molar-refractivity contribution is 6.35. The smallest absolute Gasteiger partial charge is 0.319 e. The SMILES string of the molecule is Oc1cc(-c2c(Cl)cc3c(N4CC5CCC(C4)N5)nc(OCC4(F)CNC4)nc3c2F)c2ccccc2c1. The monoisotopic (exact) mass is 537 g/mol. The molecule has 1 aromatic heterocycles. The molecule has 0 aliphatic carbocycles. The van der Waals surface area contributed by atoms with Crippen LogP contribution in [0, 0.1) is 5.82 Å². The molecule has 3 aliphatic rings. The van der Waals surface area contributed by atoms with Gasteiger partial charge in [0.15, 0.2) is 11.5 Å². The minimum absolute atomic E-state index is 0.000284. The summed E-state index contributed by atoms with van der Waals surface area (Å²) < 4.78 is 36.9. The normalized spacial score (nSPS) is 22.1. The van der Waals surface area contributed by atoms with Crippen LogP contribution in [0.15, 0.2) is 42.5 Å². The first-order valence-corrected chi connectivity index (χ1v) is 13.2. The van der Waals surface area contributed by atoms with Crippen LogP contribution in [0.4, 0.5) is 14.6 Å². The molecule has 10 heteroatoms. The van der Waals surface area contributed by atoms with E-state index in [1.54, 1.807) is 12.1 Å². The molecule has 196 valence electrons. The predicted octanol–water partition coefficient (Wildman–Crippen LogP) is 4.58. The second-order valence-electron chi connectivity index (χ2n) is 10.6. The lowest BCUT2D eigenvalue weighted by Crippen LogP contribution is -2.59. The number of ether oxygens (including phenoxy) is 1. The summed E-state index contributed by atoms with van der Waals surface area (Å²) in [5.74, 6) is -0.119. The van der Waals surface area contributed by atoms with Crippen LogP contribution >= 0.6 is 11.6 Å². The number of aromatic nitrogens is 2. The first-order valence-electron chi connectivity index (χ1n) is 12.8. The van der Waals surface area contributed by atoms with E-state index in [9.17, 15) is 9.50 Å². The molecule has 0 radical (unpaired) electrons. The Bertz CT molecular complexity index is 1570. The minimum atomic E-state index is -1.50. The minimum Gasteiger partial charge on any atom is -0.508 e. The molecule has 4 heterocycles. The standard InChI is InChI=1S/C28H26ClF2N5O2/c29-22-9-21-25(24(30)23(22)20-8-18(37)7-15-3-1-2-4-19(15)20)34-27(38-14-28(31)12-32-13-28)35-26(21)36-10-16-5-6-17(11-36)33-16/h1-4,7-9,16-17,32-33,37H,5-6,10-14H2. The van der Waals surface area contributed by atoms with E-state index in [1.165, 1.54) is 6.07 Å². The van der Waals surface area contributed by atoms with Gasteiger partial charge >= 0.3 is 6.01 Å². The highest BCUT2D eigenvalue weighted by atomic mass is 35.5. The Morgan fingerprint density at radius 2 is 1.84 bits per heavy atom. The molecule has 3 fully saturated rings. The summed E-state index contributed by atoms with van der Waals surface area (Å²) in [5.41, 5.74) is -0.873. The summed E-state index contributed by atoms with van der Waals surface area (Å²) in [6.45, 7) is 1.56. The molecule has 3 N–H and O–H groups in total. The van der Waals surface area contributed by atoms with Crippen molar-refractivity contribution in [2.45, 2.75) is 30.6 Å². The number of alkyl halides is 1. The number of hydrogen-bond donors (Lipinski definition) is 3. The van der Waals surface area contributed by atoms with Gasteiger partial charge in [-0.05, 0) is 47.4 Å². The number of rotatable bonds is 5. The van der Waals surface area contributed by atoms with Gasteiger partial charge in [-0.3, -0.25) is 0 Å². The van der Waals surface area contributed by atoms with Gasteiger partial charge in [0.1, 0.15) is 23.7 Å². The van der Waals surface area contributed by atoms with Crippen LogP contribution in [0.1, 0.15) is 12.8 Å². The van der Waals surface area contributed by atoms with Gasteiger partial charge < -0.3 is 25.4 Å². The third-order valence-corrected chi connectivity index (χ3v) is 8.12. The van der Waals surface area contributed by atoms with E-state index in [0.29, 0.717) is 41.9 Å². The van der Waals surface area contributed by atoms with E-state index >= 15 is 4.39 Å². The van der Waals surface area contributed by atoms with Crippen LogP contribution in [0.3, 0.4) is 0 Å². The highest BCUT2D eigenvalue weighted by Crippen LogP contribution is 2.43. The molecule has 0 spiro atoms. The molecule has 7 nitrogen and oxygen atoms in total. The molecule has 2 atom stereocenters. The fraction of sp³-hybridized carbons (Fsp3) is 0.357. The molecule has 3 aromatic carbocycles. The summed E-state index contributed by atoms with van der Waals surface area (Å²) in [5, 5.41) is 19.0. The van der Waals surface area contributed by atoms with Gasteiger partial charge in [-0.2, -0.15) is 9.97 Å². The third kappa shape index (κ3) is 4.00. The van der Waals surface area contributed by atoms with Gasteiger partial charge in [0, 0.05) is 49.2 Å². The number of nitrogens with zero attached hydrogens (tertiary/aromatic N) is 3. The van der Waals surface area contributed by atoms with Crippen LogP contribution in [-0.4, -0.2) is 65.6 Å². The first-order chi connectivity index (χ1) is 18.4. The van der Waals surface area contributed by atoms with Gasteiger partial charge in [-0.15, -0.1) is 0 Å². The van der Waals surface area contributed by atoms with Gasteiger partial charge in [0.05, 0.1) is 5.02 Å². The Hall–Kier alpha value is -3.27. The molecule has 4 aromatic rings. The van der Waals surface area contributed by atoms with Crippen molar-refractivity contribution >= 4 is 39.1 Å². The lowest BCUT2D eigenvalue weighted by molar-refractivity contribution is 0.0311. The van der Waals surface area contributed by atoms with Crippen LogP contribution in [0.2, 0.25) is 5.02 Å². The van der Waals surface area contributed by atoms with Crippen molar-refractivity contribution in [3.63, 3.8) is 0 Å². The van der Waals surface area contributed by atoms with Crippen molar-refractivity contribution in [2.75, 3.05) is 37.7 Å². The molecule has 3 aliphatic heterocycles. The van der Waals surface area contributed by atoms with E-state index in [0.717, 1.165) is 23.6 Å². The number of anilines is 1. The maximum Gasteiger partial charge on any atom is 0.319 e. The average Bonchev–Trinajstić information content (AvgIpc) is 3.23. The lowest BCUT2D eigenvalue weighted by Gasteiger charge is -2.35. The van der Waals surface area contributed by atoms with Gasteiger partial charge in [-0.25, -0.2) is 8.78 Å². The van der Waals surface area contributed by atoms with E-state index < -0.39 is 11.5 Å². The molecule has 7 rings (SSSR count). The van der Waals surface area contributed by atoms with Crippen molar-refractivity contribution in [3.05, 3.63) is 53.3 Å². The number of aromatic hydroxyl groups is 1. The Kier molecular flexibility index (Phi) is 5.58. The average molecular weight is 538 g/mol. The maximum absolute atomic E-state index is 16.5. The van der Waals surface area contributed by atoms with Crippen molar-refractivity contribution in [3.8, 4) is 22.9 Å². The number of halogens is 3. The fourth-order valence-corrected chi connectivity index (χ4v) is 6.17. The molecule has 2 bridgehead atoms. The number of phenols is 1. The Morgan fingerprint density at radius 1 is 1.08 bits per heavy atom. The Balaban J connectivity index is 1.41. The number of piperazine rings is 1. The number of phenolic OH excluding ortho intramolecular Hbond substituents is 1. The first kappa shape index (κ1) is 23.8. The second-order valence-corrected chi connectivity index (χ2v) is 11.0. The fourth-order valence-electron chi connectivity index (χ4n) is 5.88. The molecule has 0 saturated carbocycles. The van der Waals surface area contributed by atoms with Crippen molar-refractivity contribution in [2.24, 2.45) is 0 Å². The zero-order valence-electron chi connectivity index (χ0n) is 20.5. The highest BCUT2D eigenvalue weighted by Gasteiger charge is 2.39. The van der Waals surface area contributed by atoms with Gasteiger partial charge in [-0.1, -0.05) is 35.9 Å². The zero-order chi connectivity index (χ0) is 26.0. The summed E-state index contributed by atoms with van der Waals surface area (Å²) in [6.07, 6.45) is 2.13. The van der Waals surface area contributed by atoms with E-state index in [1.807, 2.05) is 24.3 Å². The quantitative estimate of drug-likeness (QED) is 0.344. The molecular formula is C28H26ClF2N5O2. The topological polar surface area (TPSA) is 82.5 Å². The second kappa shape index (κ2) is 8.90. The number of fused-ring (bicyclic) bond motifs is 4. The molecule has 0 amide bonds. The predicted molar refractivity (Wildman–Crippen MR) is 143 cm³/mol. The lowest BCUT2D eigenvalue weighted by atomic mass is 9.96. The number of hydrogen-bond acceptors (Lipinski definition) is 7. The van der Waals surface area contributed by atoms with Crippen LogP contribution < -0.4 is 20.3 Å². The van der Waals surface area contributed by atoms with E-state index in [2.05, 4.69) is 25.5 Å². The number of nitrogens with one attached hydrogen (secondary N) is 2. The van der Waals surface area contributed by atoms with E-state index in [4.69, 9.17) is 16.3 Å². The molecule has 3 saturated heterocycles. The van der Waals surface area contributed by atoms with Crippen molar-refractivity contribution < 1.29 is 18.6 Å². The van der Waals surface area contributed by atoms with Crippen LogP contribution in [0.5, 0.6) is 11.8 Å². The molecular weight excluding hydrogens is 512 g/mol. The summed E-state index contributed by atoms with van der Waals surface area (Å²) in [6, 6.07) is 12.8. The molecule has 2 unspecified atom stereocenters. The van der Waals surface area contributed by atoms with Crippen molar-refractivity contribution in [1.82, 2.24) is 20.6 Å². The summed E-state index contributed by atoms with van der Waals surface area (Å²) in [7, 11) is 0. The van der Waals surface area contributed by atoms with Gasteiger partial charge in [0.2, 0.25) is 0 Å². The largest absolute Gasteiger partial charge is 0.508 e. The summed E-state index contributed by atoms with van der Waals surface area (Å²) in [4.78, 5) is 11.2. The Morgan fingerprint density at radius 3 is 2.58 bits per heavy atom. The maximum atomic E-state index is 16.5. The Labute approximate surface area is 222 Å². The molecule has 38 heavy (non-hydrogen) atoms. The van der Waals surface area contributed by atoms with Crippen LogP contribution in [-0.2, 0) is 0 Å². The zero-order valence-corrected chi connectivity index (χ0v) is 21.2. The van der Waals surface area contributed by atoms with Gasteiger partial charge in [0.25, 0.3) is 0 Å². The van der Waals surface area contributed by atoms with Crippen molar-refractivity contribution in [1.29, 1.82) is 0 Å². The number of benzene rings is 3. The third-order valence-electron chi connectivity index (χ3n) is 7.82. The van der Waals surface area contributed by atoms with E-state index in [-0.39, 0.29) is 47.6 Å². The summed E-state index contributed by atoms with van der Waals surface area (Å²) >= 11 is 6.77. The van der Waals surface area contributed by atoms with Crippen LogP contribution in [0.25, 0.3) is 32.8 Å².